The Hall–Kier alpha value is -2.35. The number of anilines is 1. The zero-order valence-corrected chi connectivity index (χ0v) is 17.4. The molecule has 6 nitrogen and oxygen atoms in total. The third-order valence-electron chi connectivity index (χ3n) is 5.60. The van der Waals surface area contributed by atoms with Crippen molar-refractivity contribution in [1.82, 2.24) is 9.47 Å². The molecule has 28 heavy (non-hydrogen) atoms. The lowest BCUT2D eigenvalue weighted by Gasteiger charge is -2.30. The SMILES string of the molecule is Cc1c(C(=O)N2CCC(C)CC2)c(S(=O)(=O)Nc2ccccc2F)c(C)n1C. The zero-order chi connectivity index (χ0) is 20.6. The number of aromatic nitrogens is 1. The molecule has 2 heterocycles. The van der Waals surface area contributed by atoms with Crippen LogP contribution < -0.4 is 4.72 Å². The number of sulfonamides is 1. The minimum absolute atomic E-state index is 0.0839. The third kappa shape index (κ3) is 3.65. The number of benzene rings is 1. The van der Waals surface area contributed by atoms with Crippen molar-refractivity contribution in [3.05, 3.63) is 47.0 Å². The van der Waals surface area contributed by atoms with Crippen molar-refractivity contribution in [3.8, 4) is 0 Å². The van der Waals surface area contributed by atoms with E-state index in [0.29, 0.717) is 30.4 Å². The molecule has 0 bridgehead atoms. The molecule has 2 aromatic rings. The predicted molar refractivity (Wildman–Crippen MR) is 106 cm³/mol. The lowest BCUT2D eigenvalue weighted by molar-refractivity contribution is 0.0692. The van der Waals surface area contributed by atoms with Crippen LogP contribution in [0.3, 0.4) is 0 Å². The van der Waals surface area contributed by atoms with E-state index in [1.807, 2.05) is 0 Å². The van der Waals surface area contributed by atoms with Crippen LogP contribution in [-0.2, 0) is 17.1 Å². The fourth-order valence-electron chi connectivity index (χ4n) is 3.61. The minimum Gasteiger partial charge on any atom is -0.350 e. The van der Waals surface area contributed by atoms with Gasteiger partial charge in [-0.05, 0) is 44.7 Å². The van der Waals surface area contributed by atoms with Gasteiger partial charge in [0, 0.05) is 31.5 Å². The second kappa shape index (κ2) is 7.58. The summed E-state index contributed by atoms with van der Waals surface area (Å²) in [7, 11) is -2.43. The number of hydrogen-bond acceptors (Lipinski definition) is 3. The Kier molecular flexibility index (Phi) is 5.52. The Balaban J connectivity index is 2.05. The van der Waals surface area contributed by atoms with Crippen LogP contribution in [0.1, 0.15) is 41.5 Å². The van der Waals surface area contributed by atoms with E-state index in [4.69, 9.17) is 0 Å². The number of nitrogens with one attached hydrogen (secondary N) is 1. The molecular weight excluding hydrogens is 381 g/mol. The standard InChI is InChI=1S/C20H26FN3O3S/c1-13-9-11-24(12-10-13)20(25)18-14(2)23(4)15(3)19(18)28(26,27)22-17-8-6-5-7-16(17)21/h5-8,13,22H,9-12H2,1-4H3. The highest BCUT2D eigenvalue weighted by atomic mass is 32.2. The molecule has 1 aliphatic rings. The van der Waals surface area contributed by atoms with Crippen LogP contribution in [0, 0.1) is 25.6 Å². The quantitative estimate of drug-likeness (QED) is 0.844. The number of likely N-dealkylation sites (tertiary alicyclic amines) is 1. The molecule has 1 aromatic heterocycles. The van der Waals surface area contributed by atoms with Gasteiger partial charge in [-0.15, -0.1) is 0 Å². The van der Waals surface area contributed by atoms with E-state index in [-0.39, 0.29) is 22.1 Å². The first-order valence-corrected chi connectivity index (χ1v) is 10.8. The van der Waals surface area contributed by atoms with E-state index < -0.39 is 15.8 Å². The van der Waals surface area contributed by atoms with Crippen molar-refractivity contribution in [3.63, 3.8) is 0 Å². The number of hydrogen-bond donors (Lipinski definition) is 1. The largest absolute Gasteiger partial charge is 0.350 e. The number of nitrogens with zero attached hydrogens (tertiary/aromatic N) is 2. The molecule has 0 unspecified atom stereocenters. The third-order valence-corrected chi connectivity index (χ3v) is 7.12. The lowest BCUT2D eigenvalue weighted by atomic mass is 9.98. The summed E-state index contributed by atoms with van der Waals surface area (Å²) in [4.78, 5) is 14.9. The number of para-hydroxylation sites is 1. The van der Waals surface area contributed by atoms with Gasteiger partial charge in [-0.1, -0.05) is 19.1 Å². The second-order valence-electron chi connectivity index (χ2n) is 7.49. The molecule has 0 atom stereocenters. The summed E-state index contributed by atoms with van der Waals surface area (Å²) in [5.74, 6) is -0.412. The van der Waals surface area contributed by atoms with Crippen LogP contribution in [0.2, 0.25) is 0 Å². The van der Waals surface area contributed by atoms with E-state index in [1.165, 1.54) is 18.2 Å². The summed E-state index contributed by atoms with van der Waals surface area (Å²) in [6.07, 6.45) is 1.79. The van der Waals surface area contributed by atoms with Gasteiger partial charge in [0.15, 0.2) is 0 Å². The molecule has 3 rings (SSSR count). The van der Waals surface area contributed by atoms with Crippen LogP contribution in [0.4, 0.5) is 10.1 Å². The van der Waals surface area contributed by atoms with Gasteiger partial charge in [-0.2, -0.15) is 0 Å². The van der Waals surface area contributed by atoms with Gasteiger partial charge in [0.1, 0.15) is 10.7 Å². The first-order valence-electron chi connectivity index (χ1n) is 9.36. The van der Waals surface area contributed by atoms with Crippen LogP contribution in [0.15, 0.2) is 29.2 Å². The van der Waals surface area contributed by atoms with Crippen molar-refractivity contribution >= 4 is 21.6 Å². The zero-order valence-electron chi connectivity index (χ0n) is 16.6. The van der Waals surface area contributed by atoms with Crippen LogP contribution in [0.5, 0.6) is 0 Å². The highest BCUT2D eigenvalue weighted by Crippen LogP contribution is 2.30. The van der Waals surface area contributed by atoms with E-state index >= 15 is 0 Å². The van der Waals surface area contributed by atoms with Gasteiger partial charge in [-0.3, -0.25) is 9.52 Å². The van der Waals surface area contributed by atoms with Crippen molar-refractivity contribution in [2.75, 3.05) is 17.8 Å². The minimum atomic E-state index is -4.15. The number of carbonyl (C=O) groups is 1. The van der Waals surface area contributed by atoms with Gasteiger partial charge in [0.25, 0.3) is 15.9 Å². The number of rotatable bonds is 4. The van der Waals surface area contributed by atoms with Crippen LogP contribution in [-0.4, -0.2) is 36.9 Å². The first kappa shape index (κ1) is 20.4. The number of carbonyl (C=O) groups excluding carboxylic acids is 1. The molecular formula is C20H26FN3O3S. The summed E-state index contributed by atoms with van der Waals surface area (Å²) in [5.41, 5.74) is 1.04. The van der Waals surface area contributed by atoms with Gasteiger partial charge < -0.3 is 9.47 Å². The monoisotopic (exact) mass is 407 g/mol. The van der Waals surface area contributed by atoms with Crippen LogP contribution in [0.25, 0.3) is 0 Å². The molecule has 1 aliphatic heterocycles. The van der Waals surface area contributed by atoms with Crippen molar-refractivity contribution in [2.24, 2.45) is 13.0 Å². The molecule has 1 fully saturated rings. The van der Waals surface area contributed by atoms with E-state index in [2.05, 4.69) is 11.6 Å². The fraction of sp³-hybridized carbons (Fsp3) is 0.450. The van der Waals surface area contributed by atoms with Gasteiger partial charge in [-0.25, -0.2) is 12.8 Å². The fourth-order valence-corrected chi connectivity index (χ4v) is 5.19. The van der Waals surface area contributed by atoms with Gasteiger partial charge >= 0.3 is 0 Å². The smallest absolute Gasteiger partial charge is 0.264 e. The second-order valence-corrected chi connectivity index (χ2v) is 9.11. The molecule has 0 radical (unpaired) electrons. The first-order chi connectivity index (χ1) is 13.1. The Morgan fingerprint density at radius 1 is 1.14 bits per heavy atom. The van der Waals surface area contributed by atoms with Crippen LogP contribution >= 0.6 is 0 Å². The Morgan fingerprint density at radius 3 is 2.36 bits per heavy atom. The highest BCUT2D eigenvalue weighted by molar-refractivity contribution is 7.92. The summed E-state index contributed by atoms with van der Waals surface area (Å²) in [6, 6.07) is 5.57. The predicted octanol–water partition coefficient (Wildman–Crippen LogP) is 3.45. The molecule has 0 spiro atoms. The average Bonchev–Trinajstić information content (AvgIpc) is 2.88. The maximum atomic E-state index is 14.0. The lowest BCUT2D eigenvalue weighted by Crippen LogP contribution is -2.38. The highest BCUT2D eigenvalue weighted by Gasteiger charge is 2.34. The number of amides is 1. The van der Waals surface area contributed by atoms with Crippen molar-refractivity contribution in [1.29, 1.82) is 0 Å². The molecule has 152 valence electrons. The maximum Gasteiger partial charge on any atom is 0.264 e. The van der Waals surface area contributed by atoms with Crippen molar-refractivity contribution in [2.45, 2.75) is 38.5 Å². The van der Waals surface area contributed by atoms with Gasteiger partial charge in [0.05, 0.1) is 11.3 Å². The molecule has 1 amide bonds. The Morgan fingerprint density at radius 2 is 1.75 bits per heavy atom. The maximum absolute atomic E-state index is 14.0. The summed E-state index contributed by atoms with van der Waals surface area (Å²) in [6.45, 7) is 6.74. The van der Waals surface area contributed by atoms with E-state index in [1.54, 1.807) is 36.4 Å². The summed E-state index contributed by atoms with van der Waals surface area (Å²) in [5, 5.41) is 0. The molecule has 8 heteroatoms. The average molecular weight is 408 g/mol. The Bertz CT molecular complexity index is 1010. The summed E-state index contributed by atoms with van der Waals surface area (Å²) < 4.78 is 44.3. The van der Waals surface area contributed by atoms with Gasteiger partial charge in [0.2, 0.25) is 0 Å². The number of piperidine rings is 1. The van der Waals surface area contributed by atoms with Crippen molar-refractivity contribution < 1.29 is 17.6 Å². The number of halogens is 1. The topological polar surface area (TPSA) is 71.4 Å². The normalized spacial score (nSPS) is 15.7. The molecule has 0 saturated carbocycles. The molecule has 1 N–H and O–H groups in total. The Labute approximate surface area is 165 Å². The van der Waals surface area contributed by atoms with E-state index in [9.17, 15) is 17.6 Å². The molecule has 1 aromatic carbocycles. The summed E-state index contributed by atoms with van der Waals surface area (Å²) >= 11 is 0. The molecule has 0 aliphatic carbocycles. The van der Waals surface area contributed by atoms with E-state index in [0.717, 1.165) is 12.8 Å². The molecule has 1 saturated heterocycles.